The second-order valence-corrected chi connectivity index (χ2v) is 7.71. The summed E-state index contributed by atoms with van der Waals surface area (Å²) < 4.78 is 0. The molecule has 10 nitrogen and oxygen atoms in total. The van der Waals surface area contributed by atoms with Crippen LogP contribution >= 0.6 is 11.6 Å². The fourth-order valence-corrected chi connectivity index (χ4v) is 3.79. The molecule has 11 heteroatoms. The average molecular weight is 429 g/mol. The van der Waals surface area contributed by atoms with Crippen LogP contribution in [0, 0.1) is 0 Å². The molecule has 0 unspecified atom stereocenters. The number of hydrogen-bond donors (Lipinski definition) is 4. The number of carbonyl (C=O) groups is 2. The number of nitrogens with zero attached hydrogens (tertiary/aromatic N) is 4. The standard InChI is InChI=1S/C19H21ClN8O2/c20-15-17(22)26-16(21)14(25-15)12(29)8-13-24-10-19(27-13)3-6-28(7-4-19)18(30)11-2-1-5-23-9-11/h1-2,5,8-9,24,27H,3-4,6-7,10H2,(H4,21,22,26)/b13-8+. The lowest BCUT2D eigenvalue weighted by molar-refractivity contribution is 0.0666. The molecule has 0 atom stereocenters. The van der Waals surface area contributed by atoms with Crippen molar-refractivity contribution in [2.24, 2.45) is 0 Å². The molecule has 1 amide bonds. The molecule has 30 heavy (non-hydrogen) atoms. The average Bonchev–Trinajstić information content (AvgIpc) is 3.13. The highest BCUT2D eigenvalue weighted by Gasteiger charge is 2.40. The molecule has 2 aliphatic heterocycles. The van der Waals surface area contributed by atoms with Crippen LogP contribution in [-0.2, 0) is 0 Å². The molecule has 0 saturated carbocycles. The van der Waals surface area contributed by atoms with E-state index < -0.39 is 5.78 Å². The third-order valence-electron chi connectivity index (χ3n) is 5.35. The van der Waals surface area contributed by atoms with Gasteiger partial charge in [-0.3, -0.25) is 14.6 Å². The Morgan fingerprint density at radius 1 is 1.20 bits per heavy atom. The second-order valence-electron chi connectivity index (χ2n) is 7.35. The molecule has 2 fully saturated rings. The van der Waals surface area contributed by atoms with Crippen molar-refractivity contribution in [1.82, 2.24) is 30.5 Å². The van der Waals surface area contributed by atoms with Crippen molar-refractivity contribution >= 4 is 34.9 Å². The molecule has 2 saturated heterocycles. The fraction of sp³-hybridized carbons (Fsp3) is 0.316. The van der Waals surface area contributed by atoms with Gasteiger partial charge in [0.1, 0.15) is 5.82 Å². The van der Waals surface area contributed by atoms with Gasteiger partial charge in [-0.2, -0.15) is 0 Å². The molecule has 0 aliphatic carbocycles. The van der Waals surface area contributed by atoms with Crippen LogP contribution in [-0.4, -0.2) is 56.7 Å². The number of nitrogen functional groups attached to an aromatic ring is 2. The van der Waals surface area contributed by atoms with Crippen molar-refractivity contribution in [2.75, 3.05) is 31.1 Å². The number of nitrogens with two attached hydrogens (primary N) is 2. The lowest BCUT2D eigenvalue weighted by Crippen LogP contribution is -2.53. The topological polar surface area (TPSA) is 152 Å². The Labute approximate surface area is 177 Å². The third-order valence-corrected chi connectivity index (χ3v) is 5.63. The number of likely N-dealkylation sites (tertiary alicyclic amines) is 1. The van der Waals surface area contributed by atoms with Crippen molar-refractivity contribution < 1.29 is 9.59 Å². The van der Waals surface area contributed by atoms with Crippen molar-refractivity contribution in [3.8, 4) is 0 Å². The highest BCUT2D eigenvalue weighted by atomic mass is 35.5. The fourth-order valence-electron chi connectivity index (χ4n) is 3.66. The Bertz CT molecular complexity index is 1020. The van der Waals surface area contributed by atoms with Crippen LogP contribution in [0.2, 0.25) is 5.15 Å². The number of ketones is 1. The molecule has 156 valence electrons. The van der Waals surface area contributed by atoms with Crippen molar-refractivity contribution in [1.29, 1.82) is 0 Å². The number of carbonyl (C=O) groups excluding carboxylic acids is 2. The van der Waals surface area contributed by atoms with E-state index in [0.29, 0.717) is 31.0 Å². The monoisotopic (exact) mass is 428 g/mol. The predicted molar refractivity (Wildman–Crippen MR) is 112 cm³/mol. The molecule has 0 bridgehead atoms. The summed E-state index contributed by atoms with van der Waals surface area (Å²) in [6, 6.07) is 3.51. The van der Waals surface area contributed by atoms with Crippen LogP contribution in [0.5, 0.6) is 0 Å². The summed E-state index contributed by atoms with van der Waals surface area (Å²) >= 11 is 5.85. The van der Waals surface area contributed by atoms with Crippen molar-refractivity contribution in [3.63, 3.8) is 0 Å². The van der Waals surface area contributed by atoms with Gasteiger partial charge in [0, 0.05) is 38.1 Å². The van der Waals surface area contributed by atoms with E-state index >= 15 is 0 Å². The number of hydrogen-bond acceptors (Lipinski definition) is 9. The first kappa shape index (κ1) is 19.9. The number of nitrogens with one attached hydrogen (secondary N) is 2. The summed E-state index contributed by atoms with van der Waals surface area (Å²) in [5.74, 6) is 0.0131. The summed E-state index contributed by atoms with van der Waals surface area (Å²) in [5, 5.41) is 6.52. The highest BCUT2D eigenvalue weighted by Crippen LogP contribution is 2.27. The van der Waals surface area contributed by atoms with Gasteiger partial charge in [-0.15, -0.1) is 0 Å². The zero-order valence-electron chi connectivity index (χ0n) is 16.1. The smallest absolute Gasteiger partial charge is 0.255 e. The number of pyridine rings is 1. The van der Waals surface area contributed by atoms with Gasteiger partial charge in [0.25, 0.3) is 5.91 Å². The quantitative estimate of drug-likeness (QED) is 0.406. The Hall–Kier alpha value is -3.40. The Morgan fingerprint density at radius 3 is 2.67 bits per heavy atom. The normalized spacial score (nSPS) is 18.8. The summed E-state index contributed by atoms with van der Waals surface area (Å²) in [6.07, 6.45) is 6.09. The van der Waals surface area contributed by atoms with E-state index in [-0.39, 0.29) is 33.9 Å². The zero-order chi connectivity index (χ0) is 21.3. The maximum Gasteiger partial charge on any atom is 0.255 e. The molecule has 1 spiro atoms. The van der Waals surface area contributed by atoms with Crippen LogP contribution < -0.4 is 22.1 Å². The van der Waals surface area contributed by atoms with Crippen LogP contribution in [0.4, 0.5) is 11.6 Å². The molecule has 2 aliphatic rings. The minimum absolute atomic E-state index is 0.0240. The number of anilines is 2. The van der Waals surface area contributed by atoms with E-state index in [2.05, 4.69) is 25.6 Å². The molecule has 6 N–H and O–H groups in total. The largest absolute Gasteiger partial charge is 0.382 e. The molecule has 0 aromatic carbocycles. The van der Waals surface area contributed by atoms with Gasteiger partial charge in [-0.05, 0) is 25.0 Å². The maximum absolute atomic E-state index is 12.6. The Kier molecular flexibility index (Phi) is 5.17. The van der Waals surface area contributed by atoms with Crippen LogP contribution in [0.25, 0.3) is 0 Å². The van der Waals surface area contributed by atoms with Gasteiger partial charge in [0.2, 0.25) is 5.78 Å². The SMILES string of the molecule is Nc1nc(N)c(C(=O)/C=C2\NCC3(CCN(C(=O)c4cccnc4)CC3)N2)nc1Cl. The minimum Gasteiger partial charge on any atom is -0.382 e. The number of aromatic nitrogens is 3. The molecule has 2 aromatic heterocycles. The van der Waals surface area contributed by atoms with Gasteiger partial charge < -0.3 is 27.0 Å². The summed E-state index contributed by atoms with van der Waals surface area (Å²) in [4.78, 5) is 38.8. The van der Waals surface area contributed by atoms with Crippen LogP contribution in [0.1, 0.15) is 33.7 Å². The summed E-state index contributed by atoms with van der Waals surface area (Å²) in [6.45, 7) is 1.86. The molecule has 0 radical (unpaired) electrons. The molecule has 2 aromatic rings. The Balaban J connectivity index is 1.40. The first-order chi connectivity index (χ1) is 14.4. The lowest BCUT2D eigenvalue weighted by atomic mass is 9.88. The number of piperidine rings is 1. The first-order valence-corrected chi connectivity index (χ1v) is 9.81. The van der Waals surface area contributed by atoms with Crippen molar-refractivity contribution in [2.45, 2.75) is 18.4 Å². The van der Waals surface area contributed by atoms with Crippen LogP contribution in [0.15, 0.2) is 36.4 Å². The molecule has 4 heterocycles. The number of allylic oxidation sites excluding steroid dienone is 1. The lowest BCUT2D eigenvalue weighted by Gasteiger charge is -2.38. The van der Waals surface area contributed by atoms with E-state index in [1.807, 2.05) is 4.90 Å². The van der Waals surface area contributed by atoms with Gasteiger partial charge in [-0.25, -0.2) is 9.97 Å². The second kappa shape index (κ2) is 7.79. The van der Waals surface area contributed by atoms with Crippen LogP contribution in [0.3, 0.4) is 0 Å². The van der Waals surface area contributed by atoms with Crippen molar-refractivity contribution in [3.05, 3.63) is 52.8 Å². The molecule has 4 rings (SSSR count). The first-order valence-electron chi connectivity index (χ1n) is 9.43. The zero-order valence-corrected chi connectivity index (χ0v) is 16.8. The number of amides is 1. The summed E-state index contributed by atoms with van der Waals surface area (Å²) in [7, 11) is 0. The minimum atomic E-state index is -0.432. The van der Waals surface area contributed by atoms with E-state index in [9.17, 15) is 9.59 Å². The Morgan fingerprint density at radius 2 is 1.97 bits per heavy atom. The van der Waals surface area contributed by atoms with Gasteiger partial charge >= 0.3 is 0 Å². The van der Waals surface area contributed by atoms with Gasteiger partial charge in [0.05, 0.1) is 11.1 Å². The molecular formula is C19H21ClN8O2. The molecular weight excluding hydrogens is 408 g/mol. The number of halogens is 1. The van der Waals surface area contributed by atoms with E-state index in [0.717, 1.165) is 12.8 Å². The third kappa shape index (κ3) is 3.86. The van der Waals surface area contributed by atoms with Gasteiger partial charge in [0.15, 0.2) is 22.5 Å². The van der Waals surface area contributed by atoms with E-state index in [1.54, 1.807) is 24.5 Å². The predicted octanol–water partition coefficient (Wildman–Crippen LogP) is 0.581. The van der Waals surface area contributed by atoms with E-state index in [1.165, 1.54) is 6.08 Å². The van der Waals surface area contributed by atoms with E-state index in [4.69, 9.17) is 23.1 Å². The maximum atomic E-state index is 12.6. The highest BCUT2D eigenvalue weighted by molar-refractivity contribution is 6.31. The number of rotatable bonds is 3. The van der Waals surface area contributed by atoms with Gasteiger partial charge in [-0.1, -0.05) is 11.6 Å². The summed E-state index contributed by atoms with van der Waals surface area (Å²) in [5.41, 5.74) is 11.6.